The summed E-state index contributed by atoms with van der Waals surface area (Å²) >= 11 is 2.97. The van der Waals surface area contributed by atoms with Crippen LogP contribution in [0.5, 0.6) is 11.5 Å². The summed E-state index contributed by atoms with van der Waals surface area (Å²) in [5, 5.41) is 9.19. The van der Waals surface area contributed by atoms with E-state index in [1.165, 1.54) is 13.2 Å². The predicted molar refractivity (Wildman–Crippen MR) is 48.3 cm³/mol. The Hall–Kier alpha value is -0.810. The molecule has 0 saturated heterocycles. The third-order valence-corrected chi connectivity index (χ3v) is 1.97. The minimum Gasteiger partial charge on any atom is -0.507 e. The highest BCUT2D eigenvalue weighted by atomic mass is 79.9. The van der Waals surface area contributed by atoms with Crippen molar-refractivity contribution in [2.24, 2.45) is 0 Å². The Bertz CT molecular complexity index is 304. The van der Waals surface area contributed by atoms with E-state index in [9.17, 15) is 9.50 Å². The van der Waals surface area contributed by atoms with Gasteiger partial charge in [-0.25, -0.2) is 4.39 Å². The maximum Gasteiger partial charge on any atom is 0.188 e. The summed E-state index contributed by atoms with van der Waals surface area (Å²) in [4.78, 5) is 0. The highest BCUT2D eigenvalue weighted by Gasteiger charge is 2.08. The van der Waals surface area contributed by atoms with Gasteiger partial charge in [0.15, 0.2) is 18.4 Å². The SMILES string of the molecule is COCOc1cc(O)c(Br)cc1F. The van der Waals surface area contributed by atoms with Gasteiger partial charge in [-0.1, -0.05) is 0 Å². The Kier molecular flexibility index (Phi) is 3.50. The fourth-order valence-electron chi connectivity index (χ4n) is 0.751. The Morgan fingerprint density at radius 3 is 2.85 bits per heavy atom. The Labute approximate surface area is 83.2 Å². The number of phenolic OH excluding ortho intramolecular Hbond substituents is 1. The first kappa shape index (κ1) is 10.3. The average molecular weight is 251 g/mol. The van der Waals surface area contributed by atoms with Gasteiger partial charge in [-0.05, 0) is 22.0 Å². The quantitative estimate of drug-likeness (QED) is 0.837. The molecule has 0 fully saturated rings. The van der Waals surface area contributed by atoms with Crippen molar-refractivity contribution >= 4 is 15.9 Å². The lowest BCUT2D eigenvalue weighted by molar-refractivity contribution is 0.0481. The maximum absolute atomic E-state index is 13.0. The van der Waals surface area contributed by atoms with E-state index in [1.54, 1.807) is 0 Å². The molecule has 3 nitrogen and oxygen atoms in total. The number of benzene rings is 1. The second-order valence-electron chi connectivity index (χ2n) is 2.28. The zero-order chi connectivity index (χ0) is 9.84. The van der Waals surface area contributed by atoms with E-state index in [4.69, 9.17) is 4.74 Å². The first-order chi connectivity index (χ1) is 6.15. The highest BCUT2D eigenvalue weighted by molar-refractivity contribution is 9.10. The van der Waals surface area contributed by atoms with Gasteiger partial charge < -0.3 is 14.6 Å². The minimum atomic E-state index is -0.554. The molecule has 1 aromatic carbocycles. The molecule has 72 valence electrons. The van der Waals surface area contributed by atoms with E-state index in [-0.39, 0.29) is 22.8 Å². The Morgan fingerprint density at radius 2 is 2.23 bits per heavy atom. The van der Waals surface area contributed by atoms with Crippen molar-refractivity contribution in [3.63, 3.8) is 0 Å². The summed E-state index contributed by atoms with van der Waals surface area (Å²) < 4.78 is 22.8. The summed E-state index contributed by atoms with van der Waals surface area (Å²) in [6.07, 6.45) is 0. The molecule has 0 bridgehead atoms. The van der Waals surface area contributed by atoms with E-state index in [0.717, 1.165) is 6.07 Å². The topological polar surface area (TPSA) is 38.7 Å². The van der Waals surface area contributed by atoms with Crippen LogP contribution in [0.25, 0.3) is 0 Å². The molecule has 0 saturated carbocycles. The average Bonchev–Trinajstić information content (AvgIpc) is 2.09. The molecule has 0 spiro atoms. The molecule has 0 radical (unpaired) electrons. The second kappa shape index (κ2) is 4.43. The van der Waals surface area contributed by atoms with Crippen LogP contribution in [-0.4, -0.2) is 19.0 Å². The standard InChI is InChI=1S/C8H8BrFO3/c1-12-4-13-8-3-7(11)5(9)2-6(8)10/h2-3,11H,4H2,1H3. The lowest BCUT2D eigenvalue weighted by atomic mass is 10.3. The molecular formula is C8H8BrFO3. The van der Waals surface area contributed by atoms with Crippen molar-refractivity contribution in [1.29, 1.82) is 0 Å². The molecular weight excluding hydrogens is 243 g/mol. The first-order valence-corrected chi connectivity index (χ1v) is 4.24. The lowest BCUT2D eigenvalue weighted by Crippen LogP contribution is -2.00. The van der Waals surface area contributed by atoms with E-state index >= 15 is 0 Å². The van der Waals surface area contributed by atoms with Crippen LogP contribution in [0.4, 0.5) is 4.39 Å². The van der Waals surface area contributed by atoms with Gasteiger partial charge in [-0.2, -0.15) is 0 Å². The second-order valence-corrected chi connectivity index (χ2v) is 3.14. The molecule has 1 rings (SSSR count). The summed E-state index contributed by atoms with van der Waals surface area (Å²) in [7, 11) is 1.43. The van der Waals surface area contributed by atoms with E-state index in [1.807, 2.05) is 0 Å². The van der Waals surface area contributed by atoms with Crippen LogP contribution >= 0.6 is 15.9 Å². The summed E-state index contributed by atoms with van der Waals surface area (Å²) in [5.74, 6) is -0.670. The minimum absolute atomic E-state index is 0.0393. The first-order valence-electron chi connectivity index (χ1n) is 3.45. The molecule has 0 heterocycles. The Morgan fingerprint density at radius 1 is 1.54 bits per heavy atom. The predicted octanol–water partition coefficient (Wildman–Crippen LogP) is 2.28. The molecule has 0 aliphatic heterocycles. The fraction of sp³-hybridized carbons (Fsp3) is 0.250. The molecule has 0 aliphatic rings. The fourth-order valence-corrected chi connectivity index (χ4v) is 1.07. The molecule has 13 heavy (non-hydrogen) atoms. The number of hydrogen-bond donors (Lipinski definition) is 1. The van der Waals surface area contributed by atoms with Gasteiger partial charge in [-0.15, -0.1) is 0 Å². The smallest absolute Gasteiger partial charge is 0.188 e. The number of halogens is 2. The molecule has 0 amide bonds. The molecule has 0 unspecified atom stereocenters. The van der Waals surface area contributed by atoms with E-state index in [0.29, 0.717) is 0 Å². The molecule has 0 atom stereocenters. The van der Waals surface area contributed by atoms with Crippen molar-refractivity contribution in [3.05, 3.63) is 22.4 Å². The summed E-state index contributed by atoms with van der Waals surface area (Å²) in [6, 6.07) is 2.30. The number of methoxy groups -OCH3 is 1. The zero-order valence-electron chi connectivity index (χ0n) is 6.88. The number of rotatable bonds is 3. The Balaban J connectivity index is 2.88. The molecule has 1 aromatic rings. The van der Waals surface area contributed by atoms with Crippen LogP contribution in [0.1, 0.15) is 0 Å². The van der Waals surface area contributed by atoms with Gasteiger partial charge >= 0.3 is 0 Å². The van der Waals surface area contributed by atoms with Crippen molar-refractivity contribution in [2.75, 3.05) is 13.9 Å². The van der Waals surface area contributed by atoms with Gasteiger partial charge in [-0.3, -0.25) is 0 Å². The number of hydrogen-bond acceptors (Lipinski definition) is 3. The number of aromatic hydroxyl groups is 1. The molecule has 5 heteroatoms. The summed E-state index contributed by atoms with van der Waals surface area (Å²) in [6.45, 7) is -0.0575. The van der Waals surface area contributed by atoms with Crippen molar-refractivity contribution in [3.8, 4) is 11.5 Å². The van der Waals surface area contributed by atoms with Crippen LogP contribution < -0.4 is 4.74 Å². The zero-order valence-corrected chi connectivity index (χ0v) is 8.47. The van der Waals surface area contributed by atoms with Gasteiger partial charge in [0.05, 0.1) is 4.47 Å². The monoisotopic (exact) mass is 250 g/mol. The van der Waals surface area contributed by atoms with Crippen LogP contribution in [0.2, 0.25) is 0 Å². The largest absolute Gasteiger partial charge is 0.507 e. The molecule has 1 N–H and O–H groups in total. The van der Waals surface area contributed by atoms with Gasteiger partial charge in [0.25, 0.3) is 0 Å². The van der Waals surface area contributed by atoms with E-state index < -0.39 is 5.82 Å². The highest BCUT2D eigenvalue weighted by Crippen LogP contribution is 2.30. The van der Waals surface area contributed by atoms with Crippen LogP contribution in [-0.2, 0) is 4.74 Å². The molecule has 0 aliphatic carbocycles. The normalized spacial score (nSPS) is 10.1. The van der Waals surface area contributed by atoms with Crippen LogP contribution in [0.3, 0.4) is 0 Å². The maximum atomic E-state index is 13.0. The van der Waals surface area contributed by atoms with Crippen molar-refractivity contribution in [2.45, 2.75) is 0 Å². The van der Waals surface area contributed by atoms with Gasteiger partial charge in [0, 0.05) is 13.2 Å². The van der Waals surface area contributed by atoms with E-state index in [2.05, 4.69) is 20.7 Å². The van der Waals surface area contributed by atoms with Crippen molar-refractivity contribution in [1.82, 2.24) is 0 Å². The number of ether oxygens (including phenoxy) is 2. The van der Waals surface area contributed by atoms with Crippen molar-refractivity contribution < 1.29 is 19.0 Å². The summed E-state index contributed by atoms with van der Waals surface area (Å²) in [5.41, 5.74) is 0. The third-order valence-electron chi connectivity index (χ3n) is 1.33. The van der Waals surface area contributed by atoms with Crippen LogP contribution in [0.15, 0.2) is 16.6 Å². The lowest BCUT2D eigenvalue weighted by Gasteiger charge is -2.06. The van der Waals surface area contributed by atoms with Gasteiger partial charge in [0.1, 0.15) is 5.75 Å². The third kappa shape index (κ3) is 2.57. The van der Waals surface area contributed by atoms with Gasteiger partial charge in [0.2, 0.25) is 0 Å². The number of phenols is 1. The molecule has 0 aromatic heterocycles. The van der Waals surface area contributed by atoms with Crippen LogP contribution in [0, 0.1) is 5.82 Å².